The van der Waals surface area contributed by atoms with Crippen molar-refractivity contribution in [3.8, 4) is 18.1 Å². The van der Waals surface area contributed by atoms with E-state index in [0.29, 0.717) is 6.61 Å². The van der Waals surface area contributed by atoms with Crippen molar-refractivity contribution >= 4 is 5.96 Å². The van der Waals surface area contributed by atoms with Crippen LogP contribution in [0.5, 0.6) is 5.75 Å². The monoisotopic (exact) mass is 273 g/mol. The first-order chi connectivity index (χ1) is 9.80. The molecule has 0 heterocycles. The van der Waals surface area contributed by atoms with Crippen LogP contribution < -0.4 is 15.4 Å². The fourth-order valence-electron chi connectivity index (χ4n) is 1.67. The van der Waals surface area contributed by atoms with Crippen molar-refractivity contribution in [2.75, 3.05) is 26.7 Å². The van der Waals surface area contributed by atoms with Gasteiger partial charge in [0.2, 0.25) is 0 Å². The summed E-state index contributed by atoms with van der Waals surface area (Å²) >= 11 is 0. The van der Waals surface area contributed by atoms with E-state index >= 15 is 0 Å². The quantitative estimate of drug-likeness (QED) is 0.452. The molecule has 0 radical (unpaired) electrons. The van der Waals surface area contributed by atoms with Crippen molar-refractivity contribution in [3.05, 3.63) is 29.8 Å². The maximum atomic E-state index is 5.33. The van der Waals surface area contributed by atoms with Gasteiger partial charge in [-0.2, -0.15) is 0 Å². The number of rotatable bonds is 7. The molecule has 0 fully saturated rings. The summed E-state index contributed by atoms with van der Waals surface area (Å²) in [6.45, 7) is 4.21. The summed E-state index contributed by atoms with van der Waals surface area (Å²) in [4.78, 5) is 4.16. The fraction of sp³-hybridized carbons (Fsp3) is 0.438. The number of nitrogens with one attached hydrogen (secondary N) is 2. The molecule has 20 heavy (non-hydrogen) atoms. The Bertz CT molecular complexity index is 446. The Labute approximate surface area is 121 Å². The standard InChI is InChI=1S/C16H23N3O/c1-4-11-18-16(17-3)19-12-10-14-6-8-15(9-7-14)20-13-5-2/h2,6-9H,4,10-13H2,1,3H3,(H2,17,18,19). The molecule has 4 nitrogen and oxygen atoms in total. The Morgan fingerprint density at radius 1 is 1.25 bits per heavy atom. The van der Waals surface area contributed by atoms with E-state index in [1.54, 1.807) is 7.05 Å². The van der Waals surface area contributed by atoms with Gasteiger partial charge in [0, 0.05) is 20.1 Å². The van der Waals surface area contributed by atoms with Crippen molar-refractivity contribution in [2.24, 2.45) is 4.99 Å². The lowest BCUT2D eigenvalue weighted by Crippen LogP contribution is -2.38. The molecule has 0 amide bonds. The van der Waals surface area contributed by atoms with Gasteiger partial charge in [0.1, 0.15) is 12.4 Å². The topological polar surface area (TPSA) is 45.6 Å². The summed E-state index contributed by atoms with van der Waals surface area (Å²) < 4.78 is 5.33. The zero-order valence-electron chi connectivity index (χ0n) is 12.3. The van der Waals surface area contributed by atoms with E-state index in [-0.39, 0.29) is 0 Å². The van der Waals surface area contributed by atoms with Gasteiger partial charge in [-0.3, -0.25) is 4.99 Å². The van der Waals surface area contributed by atoms with E-state index in [4.69, 9.17) is 11.2 Å². The Morgan fingerprint density at radius 3 is 2.55 bits per heavy atom. The first-order valence-electron chi connectivity index (χ1n) is 6.89. The summed E-state index contributed by atoms with van der Waals surface area (Å²) in [6.07, 6.45) is 7.16. The molecule has 1 rings (SSSR count). The first-order valence-corrected chi connectivity index (χ1v) is 6.89. The summed E-state index contributed by atoms with van der Waals surface area (Å²) in [7, 11) is 1.78. The smallest absolute Gasteiger partial charge is 0.190 e. The van der Waals surface area contributed by atoms with Gasteiger partial charge in [0.25, 0.3) is 0 Å². The Hall–Kier alpha value is -2.15. The van der Waals surface area contributed by atoms with Crippen LogP contribution in [0.3, 0.4) is 0 Å². The molecule has 0 aliphatic heterocycles. The van der Waals surface area contributed by atoms with Gasteiger partial charge < -0.3 is 15.4 Å². The third kappa shape index (κ3) is 6.14. The van der Waals surface area contributed by atoms with E-state index in [0.717, 1.165) is 37.6 Å². The summed E-state index contributed by atoms with van der Waals surface area (Å²) in [5.74, 6) is 4.10. The van der Waals surface area contributed by atoms with E-state index in [2.05, 4.69) is 40.6 Å². The first kappa shape index (κ1) is 15.9. The number of aliphatic imine (C=N–C) groups is 1. The van der Waals surface area contributed by atoms with Crippen molar-refractivity contribution < 1.29 is 4.74 Å². The Kier molecular flexibility index (Phi) is 7.74. The summed E-state index contributed by atoms with van der Waals surface area (Å²) in [5, 5.41) is 6.52. The maximum Gasteiger partial charge on any atom is 0.190 e. The SMILES string of the molecule is C#CCOc1ccc(CCNC(=NC)NCCC)cc1. The third-order valence-electron chi connectivity index (χ3n) is 2.72. The number of benzene rings is 1. The molecule has 0 bridgehead atoms. The van der Waals surface area contributed by atoms with E-state index in [1.165, 1.54) is 5.56 Å². The third-order valence-corrected chi connectivity index (χ3v) is 2.72. The zero-order valence-corrected chi connectivity index (χ0v) is 12.3. The highest BCUT2D eigenvalue weighted by atomic mass is 16.5. The van der Waals surface area contributed by atoms with Crippen molar-refractivity contribution in [3.63, 3.8) is 0 Å². The van der Waals surface area contributed by atoms with Gasteiger partial charge in [-0.05, 0) is 30.5 Å². The zero-order chi connectivity index (χ0) is 14.6. The molecule has 0 spiro atoms. The minimum Gasteiger partial charge on any atom is -0.481 e. The molecule has 108 valence electrons. The summed E-state index contributed by atoms with van der Waals surface area (Å²) in [6, 6.07) is 7.99. The Balaban J connectivity index is 2.33. The van der Waals surface area contributed by atoms with E-state index in [1.807, 2.05) is 12.1 Å². The molecule has 4 heteroatoms. The number of nitrogens with zero attached hydrogens (tertiary/aromatic N) is 1. The average molecular weight is 273 g/mol. The number of hydrogen-bond acceptors (Lipinski definition) is 2. The molecule has 0 saturated carbocycles. The molecule has 1 aromatic rings. The molecule has 0 aliphatic carbocycles. The van der Waals surface area contributed by atoms with Crippen LogP contribution in [0.2, 0.25) is 0 Å². The van der Waals surface area contributed by atoms with Crippen molar-refractivity contribution in [1.82, 2.24) is 10.6 Å². The van der Waals surface area contributed by atoms with Gasteiger partial charge in [-0.25, -0.2) is 0 Å². The van der Waals surface area contributed by atoms with Crippen LogP contribution in [-0.4, -0.2) is 32.7 Å². The van der Waals surface area contributed by atoms with Crippen LogP contribution in [0.1, 0.15) is 18.9 Å². The lowest BCUT2D eigenvalue weighted by molar-refractivity contribution is 0.370. The van der Waals surface area contributed by atoms with Crippen molar-refractivity contribution in [2.45, 2.75) is 19.8 Å². The van der Waals surface area contributed by atoms with Gasteiger partial charge in [-0.15, -0.1) is 6.42 Å². The molecule has 0 unspecified atom stereocenters. The molecule has 0 saturated heterocycles. The van der Waals surface area contributed by atoms with Gasteiger partial charge >= 0.3 is 0 Å². The summed E-state index contributed by atoms with van der Waals surface area (Å²) in [5.41, 5.74) is 1.25. The van der Waals surface area contributed by atoms with Crippen LogP contribution in [0, 0.1) is 12.3 Å². The predicted octanol–water partition coefficient (Wildman–Crippen LogP) is 1.82. The normalized spacial score (nSPS) is 10.8. The second-order valence-corrected chi connectivity index (χ2v) is 4.31. The van der Waals surface area contributed by atoms with Crippen LogP contribution in [0.4, 0.5) is 0 Å². The van der Waals surface area contributed by atoms with Crippen LogP contribution in [0.15, 0.2) is 29.3 Å². The molecular formula is C16H23N3O. The van der Waals surface area contributed by atoms with E-state index < -0.39 is 0 Å². The highest BCUT2D eigenvalue weighted by molar-refractivity contribution is 5.79. The van der Waals surface area contributed by atoms with Gasteiger partial charge in [0.15, 0.2) is 5.96 Å². The van der Waals surface area contributed by atoms with Crippen LogP contribution >= 0.6 is 0 Å². The lowest BCUT2D eigenvalue weighted by Gasteiger charge is -2.11. The minimum atomic E-state index is 0.306. The van der Waals surface area contributed by atoms with Gasteiger partial charge in [0.05, 0.1) is 0 Å². The highest BCUT2D eigenvalue weighted by Gasteiger charge is 1.98. The van der Waals surface area contributed by atoms with Crippen LogP contribution in [0.25, 0.3) is 0 Å². The molecule has 0 aromatic heterocycles. The molecule has 0 aliphatic rings. The second kappa shape index (κ2) is 9.74. The molecule has 0 atom stereocenters. The van der Waals surface area contributed by atoms with E-state index in [9.17, 15) is 0 Å². The second-order valence-electron chi connectivity index (χ2n) is 4.31. The number of guanidine groups is 1. The lowest BCUT2D eigenvalue weighted by atomic mass is 10.1. The number of hydrogen-bond donors (Lipinski definition) is 2. The predicted molar refractivity (Wildman–Crippen MR) is 84.1 cm³/mol. The van der Waals surface area contributed by atoms with Gasteiger partial charge in [-0.1, -0.05) is 25.0 Å². The van der Waals surface area contributed by atoms with Crippen molar-refractivity contribution in [1.29, 1.82) is 0 Å². The molecule has 2 N–H and O–H groups in total. The Morgan fingerprint density at radius 2 is 1.95 bits per heavy atom. The fourth-order valence-corrected chi connectivity index (χ4v) is 1.67. The number of ether oxygens (including phenoxy) is 1. The number of terminal acetylenes is 1. The highest BCUT2D eigenvalue weighted by Crippen LogP contribution is 2.12. The molecular weight excluding hydrogens is 250 g/mol. The maximum absolute atomic E-state index is 5.33. The minimum absolute atomic E-state index is 0.306. The molecule has 1 aromatic carbocycles. The van der Waals surface area contributed by atoms with Crippen LogP contribution in [-0.2, 0) is 6.42 Å². The largest absolute Gasteiger partial charge is 0.481 e. The average Bonchev–Trinajstić information content (AvgIpc) is 2.49.